The van der Waals surface area contributed by atoms with Crippen molar-refractivity contribution in [1.29, 1.82) is 0 Å². The van der Waals surface area contributed by atoms with E-state index in [0.29, 0.717) is 18.2 Å². The third kappa shape index (κ3) is 4.32. The van der Waals surface area contributed by atoms with E-state index in [1.807, 2.05) is 17.0 Å². The molecule has 0 aliphatic carbocycles. The molecule has 1 aromatic carbocycles. The number of carbonyl (C=O) groups is 1. The van der Waals surface area contributed by atoms with Crippen LogP contribution in [0.5, 0.6) is 0 Å². The first-order chi connectivity index (χ1) is 12.0. The Hall–Kier alpha value is -2.50. The van der Waals surface area contributed by atoms with Crippen LogP contribution in [0, 0.1) is 11.7 Å². The second kappa shape index (κ2) is 7.59. The molecule has 1 aliphatic rings. The number of benzene rings is 1. The predicted molar refractivity (Wildman–Crippen MR) is 92.8 cm³/mol. The van der Waals surface area contributed by atoms with Gasteiger partial charge in [0.25, 0.3) is 11.5 Å². The molecule has 0 bridgehead atoms. The van der Waals surface area contributed by atoms with Crippen LogP contribution in [0.3, 0.4) is 0 Å². The number of hydrogen-bond acceptors (Lipinski definition) is 3. The fraction of sp³-hybridized carbons (Fsp3) is 0.421. The summed E-state index contributed by atoms with van der Waals surface area (Å²) in [6, 6.07) is 9.46. The number of nitrogens with zero attached hydrogens (tertiary/aromatic N) is 3. The molecule has 3 rings (SSSR count). The Bertz CT molecular complexity index is 801. The van der Waals surface area contributed by atoms with Gasteiger partial charge in [0.15, 0.2) is 0 Å². The van der Waals surface area contributed by atoms with Crippen LogP contribution in [0.4, 0.5) is 4.39 Å². The molecule has 5 nitrogen and oxygen atoms in total. The smallest absolute Gasteiger partial charge is 0.274 e. The van der Waals surface area contributed by atoms with Gasteiger partial charge in [-0.25, -0.2) is 9.07 Å². The molecule has 6 heteroatoms. The van der Waals surface area contributed by atoms with Gasteiger partial charge in [0, 0.05) is 26.2 Å². The van der Waals surface area contributed by atoms with Gasteiger partial charge in [-0.05, 0) is 55.4 Å². The van der Waals surface area contributed by atoms with Crippen molar-refractivity contribution in [2.75, 3.05) is 13.1 Å². The molecule has 1 amide bonds. The highest BCUT2D eigenvalue weighted by Crippen LogP contribution is 2.22. The number of carbonyl (C=O) groups excluding carboxylic acids is 1. The molecule has 132 valence electrons. The predicted octanol–water partition coefficient (Wildman–Crippen LogP) is 2.40. The van der Waals surface area contributed by atoms with E-state index in [-0.39, 0.29) is 17.3 Å². The average Bonchev–Trinajstić information content (AvgIpc) is 2.63. The third-order valence-corrected chi connectivity index (χ3v) is 4.74. The third-order valence-electron chi connectivity index (χ3n) is 4.74. The van der Waals surface area contributed by atoms with Gasteiger partial charge in [-0.15, -0.1) is 0 Å². The fourth-order valence-electron chi connectivity index (χ4n) is 3.29. The summed E-state index contributed by atoms with van der Waals surface area (Å²) in [4.78, 5) is 25.9. The summed E-state index contributed by atoms with van der Waals surface area (Å²) in [7, 11) is 1.54. The normalized spacial score (nSPS) is 17.5. The van der Waals surface area contributed by atoms with Crippen molar-refractivity contribution in [2.24, 2.45) is 13.0 Å². The minimum Gasteiger partial charge on any atom is -0.337 e. The Morgan fingerprint density at radius 2 is 2.00 bits per heavy atom. The maximum Gasteiger partial charge on any atom is 0.274 e. The highest BCUT2D eigenvalue weighted by Gasteiger charge is 2.25. The summed E-state index contributed by atoms with van der Waals surface area (Å²) in [5.41, 5.74) is 1.19. The van der Waals surface area contributed by atoms with E-state index < -0.39 is 0 Å². The Kier molecular flexibility index (Phi) is 5.26. The second-order valence-corrected chi connectivity index (χ2v) is 6.60. The van der Waals surface area contributed by atoms with Crippen molar-refractivity contribution < 1.29 is 9.18 Å². The zero-order valence-corrected chi connectivity index (χ0v) is 14.3. The van der Waals surface area contributed by atoms with Crippen LogP contribution in [0.1, 0.15) is 35.3 Å². The van der Waals surface area contributed by atoms with Crippen molar-refractivity contribution in [2.45, 2.75) is 25.7 Å². The van der Waals surface area contributed by atoms with Gasteiger partial charge in [0.1, 0.15) is 11.5 Å². The maximum atomic E-state index is 13.0. The van der Waals surface area contributed by atoms with E-state index in [0.717, 1.165) is 37.8 Å². The summed E-state index contributed by atoms with van der Waals surface area (Å²) in [5, 5.41) is 4.05. The quantitative estimate of drug-likeness (QED) is 0.857. The minimum absolute atomic E-state index is 0.123. The first-order valence-electron chi connectivity index (χ1n) is 8.61. The summed E-state index contributed by atoms with van der Waals surface area (Å²) in [6.45, 7) is 1.42. The van der Waals surface area contributed by atoms with Crippen molar-refractivity contribution in [3.63, 3.8) is 0 Å². The monoisotopic (exact) mass is 343 g/mol. The zero-order valence-electron chi connectivity index (χ0n) is 14.3. The molecule has 0 unspecified atom stereocenters. The lowest BCUT2D eigenvalue weighted by atomic mass is 9.91. The lowest BCUT2D eigenvalue weighted by Gasteiger charge is -2.32. The fourth-order valence-corrected chi connectivity index (χ4v) is 3.29. The molecule has 0 saturated carbocycles. The largest absolute Gasteiger partial charge is 0.337 e. The molecule has 1 aliphatic heterocycles. The van der Waals surface area contributed by atoms with Gasteiger partial charge in [-0.2, -0.15) is 5.10 Å². The molecule has 1 saturated heterocycles. The lowest BCUT2D eigenvalue weighted by molar-refractivity contribution is 0.0659. The minimum atomic E-state index is -0.229. The van der Waals surface area contributed by atoms with E-state index in [2.05, 4.69) is 5.10 Å². The molecule has 0 N–H and O–H groups in total. The number of aryl methyl sites for hydroxylation is 2. The number of piperidine rings is 1. The van der Waals surface area contributed by atoms with Crippen LogP contribution in [-0.2, 0) is 13.5 Å². The molecule has 0 radical (unpaired) electrons. The summed E-state index contributed by atoms with van der Waals surface area (Å²) >= 11 is 0. The highest BCUT2D eigenvalue weighted by atomic mass is 19.1. The molecule has 1 aromatic heterocycles. The second-order valence-electron chi connectivity index (χ2n) is 6.60. The van der Waals surface area contributed by atoms with Crippen molar-refractivity contribution in [3.8, 4) is 0 Å². The molecule has 1 fully saturated rings. The van der Waals surface area contributed by atoms with Crippen LogP contribution in [0.25, 0.3) is 0 Å². The maximum absolute atomic E-state index is 13.0. The number of rotatable bonds is 4. The average molecular weight is 343 g/mol. The number of likely N-dealkylation sites (tertiary alicyclic amines) is 1. The molecule has 2 heterocycles. The van der Waals surface area contributed by atoms with Gasteiger partial charge in [-0.3, -0.25) is 9.59 Å². The van der Waals surface area contributed by atoms with Gasteiger partial charge >= 0.3 is 0 Å². The Morgan fingerprint density at radius 3 is 2.72 bits per heavy atom. The summed E-state index contributed by atoms with van der Waals surface area (Å²) < 4.78 is 14.1. The number of hydrogen-bond donors (Lipinski definition) is 0. The van der Waals surface area contributed by atoms with Crippen LogP contribution in [0.15, 0.2) is 41.2 Å². The molecular weight excluding hydrogens is 321 g/mol. The van der Waals surface area contributed by atoms with Gasteiger partial charge in [0.05, 0.1) is 0 Å². The first-order valence-corrected chi connectivity index (χ1v) is 8.61. The van der Waals surface area contributed by atoms with Gasteiger partial charge in [0.2, 0.25) is 0 Å². The van der Waals surface area contributed by atoms with Gasteiger partial charge < -0.3 is 4.90 Å². The SMILES string of the molecule is Cn1nc(C(=O)N2CCC[C@H](CCc3ccc(F)cc3)C2)ccc1=O. The Labute approximate surface area is 146 Å². The van der Waals surface area contributed by atoms with Crippen molar-refractivity contribution >= 4 is 5.91 Å². The Balaban J connectivity index is 1.60. The van der Waals surface area contributed by atoms with E-state index >= 15 is 0 Å². The van der Waals surface area contributed by atoms with E-state index in [9.17, 15) is 14.0 Å². The van der Waals surface area contributed by atoms with E-state index in [1.54, 1.807) is 7.05 Å². The topological polar surface area (TPSA) is 55.2 Å². The molecule has 25 heavy (non-hydrogen) atoms. The van der Waals surface area contributed by atoms with Crippen LogP contribution < -0.4 is 5.56 Å². The summed E-state index contributed by atoms with van der Waals surface area (Å²) in [5.74, 6) is 0.0836. The van der Waals surface area contributed by atoms with Crippen molar-refractivity contribution in [3.05, 3.63) is 63.8 Å². The molecule has 2 aromatic rings. The highest BCUT2D eigenvalue weighted by molar-refractivity contribution is 5.92. The number of amides is 1. The van der Waals surface area contributed by atoms with Gasteiger partial charge in [-0.1, -0.05) is 12.1 Å². The van der Waals surface area contributed by atoms with E-state index in [1.165, 1.54) is 28.9 Å². The van der Waals surface area contributed by atoms with Crippen molar-refractivity contribution in [1.82, 2.24) is 14.7 Å². The first kappa shape index (κ1) is 17.3. The van der Waals surface area contributed by atoms with Crippen LogP contribution in [0.2, 0.25) is 0 Å². The Morgan fingerprint density at radius 1 is 1.24 bits per heavy atom. The molecule has 1 atom stereocenters. The van der Waals surface area contributed by atoms with Crippen LogP contribution in [-0.4, -0.2) is 33.7 Å². The summed E-state index contributed by atoms with van der Waals surface area (Å²) in [6.07, 6.45) is 3.90. The number of halogens is 1. The molecular formula is C19H22FN3O2. The zero-order chi connectivity index (χ0) is 17.8. The van der Waals surface area contributed by atoms with Crippen LogP contribution >= 0.6 is 0 Å². The lowest BCUT2D eigenvalue weighted by Crippen LogP contribution is -2.41. The molecule has 0 spiro atoms. The van der Waals surface area contributed by atoms with E-state index in [4.69, 9.17) is 0 Å². The number of aromatic nitrogens is 2. The standard InChI is InChI=1S/C19H22FN3O2/c1-22-18(24)11-10-17(21-22)19(25)23-12-2-3-15(13-23)5-4-14-6-8-16(20)9-7-14/h6-11,15H,2-5,12-13H2,1H3/t15-/m1/s1.